The average Bonchev–Trinajstić information content (AvgIpc) is 2.61. The van der Waals surface area contributed by atoms with E-state index in [0.717, 1.165) is 11.8 Å². The quantitative estimate of drug-likeness (QED) is 0.493. The Balaban J connectivity index is 0.00000144. The van der Waals surface area contributed by atoms with E-state index < -0.39 is 0 Å². The molecule has 0 aromatic carbocycles. The molecule has 0 aromatic rings. The Kier molecular flexibility index (Phi) is 8.37. The number of nitrogens with two attached hydrogens (primary N) is 1. The van der Waals surface area contributed by atoms with Crippen molar-refractivity contribution in [3.05, 3.63) is 0 Å². The number of hydrogen-bond donors (Lipinski definition) is 1. The van der Waals surface area contributed by atoms with Gasteiger partial charge < -0.3 is 10.5 Å². The number of thioether (sulfide) groups is 1. The number of thiocarbonyl (C=S) groups is 1. The van der Waals surface area contributed by atoms with Crippen LogP contribution in [0.4, 0.5) is 0 Å². The van der Waals surface area contributed by atoms with Crippen molar-refractivity contribution in [1.29, 1.82) is 0 Å². The zero-order valence-electron chi connectivity index (χ0n) is 12.3. The van der Waals surface area contributed by atoms with Crippen LogP contribution in [-0.4, -0.2) is 75.0 Å². The zero-order chi connectivity index (χ0) is 12.0. The van der Waals surface area contributed by atoms with Crippen molar-refractivity contribution in [2.45, 2.75) is 45.6 Å². The summed E-state index contributed by atoms with van der Waals surface area (Å²) in [7, 11) is 0. The molecule has 0 saturated heterocycles. The van der Waals surface area contributed by atoms with E-state index in [1.54, 1.807) is 0 Å². The molecular weight excluding hydrogens is 284 g/mol. The van der Waals surface area contributed by atoms with Crippen LogP contribution in [0.3, 0.4) is 0 Å². The number of fused-ring (bicyclic) bond motifs is 1. The van der Waals surface area contributed by atoms with Gasteiger partial charge in [0.15, 0.2) is 0 Å². The maximum atomic E-state index is 6.14. The Morgan fingerprint density at radius 2 is 2.00 bits per heavy atom. The third-order valence-corrected chi connectivity index (χ3v) is 5.43. The van der Waals surface area contributed by atoms with Crippen LogP contribution in [-0.2, 0) is 4.74 Å². The first-order chi connectivity index (χ1) is 7.40. The molecule has 2 N–H and O–H groups in total. The minimum absolute atomic E-state index is 0. The van der Waals surface area contributed by atoms with E-state index in [4.69, 9.17) is 22.7 Å². The first kappa shape index (κ1) is 20.2. The van der Waals surface area contributed by atoms with Gasteiger partial charge in [0.2, 0.25) is 0 Å². The first-order valence-corrected chi connectivity index (χ1v) is 7.36. The van der Waals surface area contributed by atoms with E-state index in [9.17, 15) is 0 Å². The molecule has 18 heavy (non-hydrogen) atoms. The van der Waals surface area contributed by atoms with Gasteiger partial charge in [0.05, 0.1) is 11.5 Å². The molecule has 2 fully saturated rings. The average molecular weight is 305 g/mol. The van der Waals surface area contributed by atoms with Gasteiger partial charge in [-0.1, -0.05) is 51.2 Å². The van der Waals surface area contributed by atoms with Gasteiger partial charge in [-0.15, -0.1) is 0 Å². The molecule has 2 aliphatic rings. The molecule has 3 unspecified atom stereocenters. The molecule has 3 atom stereocenters. The molecule has 0 aromatic heterocycles. The van der Waals surface area contributed by atoms with Gasteiger partial charge in [-0.25, -0.2) is 0 Å². The number of hydrogen-bond acceptors (Lipinski definition) is 3. The largest absolute Gasteiger partial charge is 0.385 e. The summed E-state index contributed by atoms with van der Waals surface area (Å²) in [4.78, 5) is 0. The van der Waals surface area contributed by atoms with Crippen LogP contribution >= 0.6 is 24.0 Å². The monoisotopic (exact) mass is 305 g/mol. The maximum Gasteiger partial charge on any atom is 0.133 e. The van der Waals surface area contributed by atoms with Gasteiger partial charge in [-0.05, 0) is 30.1 Å². The Morgan fingerprint density at radius 1 is 1.39 bits per heavy atom. The van der Waals surface area contributed by atoms with Crippen molar-refractivity contribution in [3.8, 4) is 0 Å². The minimum Gasteiger partial charge on any atom is -0.385 e. The Bertz CT molecular complexity index is 314. The van der Waals surface area contributed by atoms with Crippen LogP contribution in [0.2, 0.25) is 0 Å². The van der Waals surface area contributed by atoms with Crippen LogP contribution in [0.1, 0.15) is 40.0 Å². The Hall–Kier alpha value is 2.20. The van der Waals surface area contributed by atoms with Crippen LogP contribution < -0.4 is 5.73 Å². The second kappa shape index (κ2) is 7.46. The third kappa shape index (κ3) is 3.69. The summed E-state index contributed by atoms with van der Waals surface area (Å²) < 4.78 is 6.62. The molecule has 0 bridgehead atoms. The topological polar surface area (TPSA) is 35.2 Å². The molecule has 2 saturated carbocycles. The smallest absolute Gasteiger partial charge is 0.133 e. The van der Waals surface area contributed by atoms with Gasteiger partial charge in [0.25, 0.3) is 0 Å². The van der Waals surface area contributed by atoms with E-state index in [2.05, 4.69) is 20.8 Å². The van der Waals surface area contributed by atoms with Crippen molar-refractivity contribution in [2.75, 3.05) is 5.94 Å². The summed E-state index contributed by atoms with van der Waals surface area (Å²) in [5, 5.41) is 0. The molecule has 0 heterocycles. The predicted octanol–water partition coefficient (Wildman–Crippen LogP) is 2.39. The predicted molar refractivity (Wildman–Crippen MR) is 84.9 cm³/mol. The maximum absolute atomic E-state index is 6.14. The van der Waals surface area contributed by atoms with E-state index in [-0.39, 0.29) is 64.7 Å². The second-order valence-corrected chi connectivity index (χ2v) is 7.44. The molecule has 0 amide bonds. The Morgan fingerprint density at radius 3 is 2.56 bits per heavy atom. The summed E-state index contributed by atoms with van der Waals surface area (Å²) >= 11 is 6.29. The van der Waals surface area contributed by atoms with Gasteiger partial charge in [-0.2, -0.15) is 0 Å². The normalized spacial score (nSPS) is 35.7. The zero-order valence-corrected chi connectivity index (χ0v) is 17.9. The molecule has 6 heteroatoms. The molecule has 2 radical (unpaired) electrons. The molecule has 94 valence electrons. The van der Waals surface area contributed by atoms with Crippen molar-refractivity contribution in [3.63, 3.8) is 0 Å². The number of rotatable bonds is 3. The molecule has 2 aliphatic carbocycles. The second-order valence-electron chi connectivity index (χ2n) is 5.78. The van der Waals surface area contributed by atoms with Crippen molar-refractivity contribution in [1.82, 2.24) is 0 Å². The summed E-state index contributed by atoms with van der Waals surface area (Å²) in [6.45, 7) is 7.00. The van der Waals surface area contributed by atoms with Crippen LogP contribution in [0, 0.1) is 17.3 Å². The minimum atomic E-state index is 0. The van der Waals surface area contributed by atoms with Gasteiger partial charge in [0.1, 0.15) is 4.32 Å². The summed E-state index contributed by atoms with van der Waals surface area (Å²) in [5.74, 6) is 2.14. The summed E-state index contributed by atoms with van der Waals surface area (Å²) in [5.41, 5.74) is 5.93. The molecule has 0 spiro atoms. The Labute approximate surface area is 165 Å². The van der Waals surface area contributed by atoms with E-state index >= 15 is 0 Å². The fraction of sp³-hybridized carbons (Fsp3) is 0.917. The van der Waals surface area contributed by atoms with Gasteiger partial charge in [-0.3, -0.25) is 0 Å². The summed E-state index contributed by atoms with van der Waals surface area (Å²) in [6.07, 6.45) is 3.86. The van der Waals surface area contributed by atoms with Crippen LogP contribution in [0.25, 0.3) is 0 Å². The van der Waals surface area contributed by atoms with Crippen LogP contribution in [0.15, 0.2) is 0 Å². The van der Waals surface area contributed by atoms with Crippen molar-refractivity contribution < 1.29 is 4.74 Å². The fourth-order valence-electron chi connectivity index (χ4n) is 3.53. The van der Waals surface area contributed by atoms with E-state index in [1.165, 1.54) is 31.0 Å². The van der Waals surface area contributed by atoms with E-state index in [1.807, 2.05) is 0 Å². The van der Waals surface area contributed by atoms with Gasteiger partial charge in [0, 0.05) is 59.1 Å². The third-order valence-electron chi connectivity index (χ3n) is 4.56. The standard InChI is InChI=1S/C12H21NOS2.2Na/c1-8-4-5-9-11(2,3)12(9,6-8)14-7-16-10(13)15;;/h8-9H,4-7H2,1-3H3,(H2,13,15);;. The first-order valence-electron chi connectivity index (χ1n) is 5.96. The van der Waals surface area contributed by atoms with Crippen LogP contribution in [0.5, 0.6) is 0 Å². The molecular formula is C12H21NNa2OS2. The van der Waals surface area contributed by atoms with Crippen molar-refractivity contribution >= 4 is 87.4 Å². The fourth-order valence-corrected chi connectivity index (χ4v) is 4.06. The van der Waals surface area contributed by atoms with E-state index in [0.29, 0.717) is 15.7 Å². The van der Waals surface area contributed by atoms with Crippen molar-refractivity contribution in [2.24, 2.45) is 23.0 Å². The molecule has 2 nitrogen and oxygen atoms in total. The van der Waals surface area contributed by atoms with Gasteiger partial charge >= 0.3 is 0 Å². The molecule has 2 rings (SSSR count). The summed E-state index contributed by atoms with van der Waals surface area (Å²) in [6, 6.07) is 0. The SMILES string of the molecule is CC1CCC2C(C)(C)C2(OCSC(N)=S)C1.[Na].[Na]. The number of ether oxygens (including phenoxy) is 1. The molecule has 0 aliphatic heterocycles.